The summed E-state index contributed by atoms with van der Waals surface area (Å²) in [7, 11) is 0. The van der Waals surface area contributed by atoms with Crippen LogP contribution in [0, 0.1) is 0 Å². The molecule has 3 nitrogen and oxygen atoms in total. The lowest BCUT2D eigenvalue weighted by Gasteiger charge is -2.12. The van der Waals surface area contributed by atoms with Gasteiger partial charge < -0.3 is 0 Å². The Morgan fingerprint density at radius 2 is 1.79 bits per heavy atom. The van der Waals surface area contributed by atoms with Crippen molar-refractivity contribution in [1.82, 2.24) is 0 Å². The topological polar surface area (TPSA) is 32.7 Å². The lowest BCUT2D eigenvalue weighted by molar-refractivity contribution is -0.114. The van der Waals surface area contributed by atoms with E-state index in [1.807, 2.05) is 43.7 Å². The van der Waals surface area contributed by atoms with Gasteiger partial charge in [0.25, 0.3) is 5.91 Å². The van der Waals surface area contributed by atoms with E-state index >= 15 is 0 Å². The number of hydrogen-bond donors (Lipinski definition) is 0. The Hall–Kier alpha value is -0.720. The van der Waals surface area contributed by atoms with Crippen LogP contribution in [0.5, 0.6) is 0 Å². The Bertz CT molecular complexity index is 561. The molecule has 100 valence electrons. The van der Waals surface area contributed by atoms with Crippen molar-refractivity contribution >= 4 is 56.8 Å². The summed E-state index contributed by atoms with van der Waals surface area (Å²) < 4.78 is 1.99. The van der Waals surface area contributed by atoms with Crippen molar-refractivity contribution in [3.63, 3.8) is 0 Å². The number of carbonyl (C=O) groups excluding carboxylic acids is 1. The lowest BCUT2D eigenvalue weighted by atomic mass is 10.2. The molecule has 0 radical (unpaired) electrons. The first-order valence-electron chi connectivity index (χ1n) is 5.56. The minimum atomic E-state index is -0.0569. The van der Waals surface area contributed by atoms with E-state index in [0.29, 0.717) is 5.57 Å². The number of nitrogens with zero attached hydrogens (tertiary/aromatic N) is 2. The highest BCUT2D eigenvalue weighted by Gasteiger charge is 2.31. The van der Waals surface area contributed by atoms with Crippen molar-refractivity contribution in [2.24, 2.45) is 5.10 Å². The molecule has 0 atom stereocenters. The number of benzene rings is 1. The first kappa shape index (κ1) is 14.7. The zero-order valence-electron chi connectivity index (χ0n) is 10.8. The summed E-state index contributed by atoms with van der Waals surface area (Å²) in [6.45, 7) is 1.87. The van der Waals surface area contributed by atoms with Crippen molar-refractivity contribution < 1.29 is 4.79 Å². The van der Waals surface area contributed by atoms with E-state index in [-0.39, 0.29) is 5.91 Å². The van der Waals surface area contributed by atoms with E-state index in [4.69, 9.17) is 0 Å². The van der Waals surface area contributed by atoms with Crippen LogP contribution in [0.2, 0.25) is 0 Å². The number of anilines is 1. The number of rotatable bonds is 3. The first-order chi connectivity index (χ1) is 9.08. The Labute approximate surface area is 129 Å². The van der Waals surface area contributed by atoms with Gasteiger partial charge in [0.2, 0.25) is 0 Å². The Balaban J connectivity index is 2.40. The maximum Gasteiger partial charge on any atom is 0.282 e. The van der Waals surface area contributed by atoms with E-state index in [2.05, 4.69) is 21.0 Å². The van der Waals surface area contributed by atoms with Crippen LogP contribution < -0.4 is 5.01 Å². The summed E-state index contributed by atoms with van der Waals surface area (Å²) in [6.07, 6.45) is 3.95. The maximum atomic E-state index is 12.5. The van der Waals surface area contributed by atoms with Crippen LogP contribution >= 0.6 is 39.5 Å². The van der Waals surface area contributed by atoms with Crippen molar-refractivity contribution in [3.05, 3.63) is 38.5 Å². The van der Waals surface area contributed by atoms with Crippen LogP contribution in [0.3, 0.4) is 0 Å². The Morgan fingerprint density at radius 3 is 2.32 bits per heavy atom. The van der Waals surface area contributed by atoms with Gasteiger partial charge in [-0.15, -0.1) is 23.5 Å². The Morgan fingerprint density at radius 1 is 1.21 bits per heavy atom. The second kappa shape index (κ2) is 6.15. The molecule has 0 saturated carbocycles. The van der Waals surface area contributed by atoms with E-state index in [1.165, 1.54) is 5.01 Å². The van der Waals surface area contributed by atoms with E-state index in [1.54, 1.807) is 23.5 Å². The quantitative estimate of drug-likeness (QED) is 0.764. The van der Waals surface area contributed by atoms with Crippen molar-refractivity contribution in [2.45, 2.75) is 6.92 Å². The van der Waals surface area contributed by atoms with Gasteiger partial charge in [-0.3, -0.25) is 4.79 Å². The molecule has 0 fully saturated rings. The summed E-state index contributed by atoms with van der Waals surface area (Å²) in [5, 5.41) is 5.83. The third-order valence-electron chi connectivity index (χ3n) is 2.66. The predicted molar refractivity (Wildman–Crippen MR) is 88.8 cm³/mol. The second-order valence-corrected chi connectivity index (χ2v) is 6.66. The van der Waals surface area contributed by atoms with Gasteiger partial charge in [-0.05, 0) is 43.7 Å². The molecule has 0 bridgehead atoms. The molecule has 1 aromatic carbocycles. The van der Waals surface area contributed by atoms with E-state index < -0.39 is 0 Å². The number of hydrogen-bond acceptors (Lipinski definition) is 4. The first-order valence-corrected chi connectivity index (χ1v) is 8.80. The third-order valence-corrected chi connectivity index (χ3v) is 5.34. The zero-order chi connectivity index (χ0) is 14.0. The van der Waals surface area contributed by atoms with Crippen LogP contribution in [-0.4, -0.2) is 24.1 Å². The molecule has 0 saturated heterocycles. The number of thioether (sulfide) groups is 2. The minimum Gasteiger partial charge on any atom is -0.267 e. The number of hydrazone groups is 1. The summed E-state index contributed by atoms with van der Waals surface area (Å²) in [6, 6.07) is 7.55. The molecule has 2 rings (SSSR count). The van der Waals surface area contributed by atoms with Crippen molar-refractivity contribution in [2.75, 3.05) is 17.5 Å². The molecule has 6 heteroatoms. The number of halogens is 1. The highest BCUT2D eigenvalue weighted by molar-refractivity contribution is 9.10. The number of carbonyl (C=O) groups is 1. The van der Waals surface area contributed by atoms with Crippen molar-refractivity contribution in [1.29, 1.82) is 0 Å². The maximum absolute atomic E-state index is 12.5. The average Bonchev–Trinajstić information content (AvgIpc) is 2.69. The molecule has 19 heavy (non-hydrogen) atoms. The van der Waals surface area contributed by atoms with Crippen molar-refractivity contribution in [3.8, 4) is 0 Å². The predicted octanol–water partition coefficient (Wildman–Crippen LogP) is 4.11. The highest BCUT2D eigenvalue weighted by Crippen LogP contribution is 2.33. The average molecular weight is 357 g/mol. The number of amides is 1. The van der Waals surface area contributed by atoms with E-state index in [0.717, 1.165) is 20.1 Å². The normalized spacial score (nSPS) is 14.9. The van der Waals surface area contributed by atoms with Gasteiger partial charge in [0, 0.05) is 4.47 Å². The van der Waals surface area contributed by atoms with E-state index in [9.17, 15) is 4.79 Å². The van der Waals surface area contributed by atoms with Gasteiger partial charge in [-0.1, -0.05) is 15.9 Å². The zero-order valence-corrected chi connectivity index (χ0v) is 14.0. The third kappa shape index (κ3) is 2.90. The van der Waals surface area contributed by atoms with Gasteiger partial charge >= 0.3 is 0 Å². The van der Waals surface area contributed by atoms with Crippen LogP contribution in [0.1, 0.15) is 6.92 Å². The summed E-state index contributed by atoms with van der Waals surface area (Å²) >= 11 is 6.55. The van der Waals surface area contributed by atoms with Gasteiger partial charge in [0.1, 0.15) is 0 Å². The fraction of sp³-hybridized carbons (Fsp3) is 0.231. The standard InChI is InChI=1S/C13H13BrN2OS2/c1-8-11(13(18-2)19-3)12(17)16(15-8)10-6-4-9(14)5-7-10/h4-7H,1-3H3. The summed E-state index contributed by atoms with van der Waals surface area (Å²) in [5.41, 5.74) is 2.26. The fourth-order valence-electron chi connectivity index (χ4n) is 1.79. The van der Waals surface area contributed by atoms with Crippen LogP contribution in [0.15, 0.2) is 43.6 Å². The van der Waals surface area contributed by atoms with Crippen LogP contribution in [0.4, 0.5) is 5.69 Å². The molecule has 0 spiro atoms. The molecule has 1 aliphatic rings. The largest absolute Gasteiger partial charge is 0.282 e. The molecular formula is C13H13BrN2OS2. The molecule has 1 aromatic rings. The molecular weight excluding hydrogens is 344 g/mol. The molecule has 0 unspecified atom stereocenters. The molecule has 1 aliphatic heterocycles. The molecule has 0 aliphatic carbocycles. The van der Waals surface area contributed by atoms with Crippen LogP contribution in [-0.2, 0) is 4.79 Å². The SMILES string of the molecule is CSC(SC)=C1C(=O)N(c2ccc(Br)cc2)N=C1C. The van der Waals surface area contributed by atoms with Gasteiger partial charge in [0.05, 0.1) is 21.2 Å². The van der Waals surface area contributed by atoms with Gasteiger partial charge in [0.15, 0.2) is 0 Å². The summed E-state index contributed by atoms with van der Waals surface area (Å²) in [4.78, 5) is 12.5. The molecule has 1 amide bonds. The minimum absolute atomic E-state index is 0.0569. The molecule has 0 aromatic heterocycles. The highest BCUT2D eigenvalue weighted by atomic mass is 79.9. The molecule has 1 heterocycles. The summed E-state index contributed by atoms with van der Waals surface area (Å²) in [5.74, 6) is -0.0569. The van der Waals surface area contributed by atoms with Gasteiger partial charge in [-0.2, -0.15) is 10.1 Å². The smallest absolute Gasteiger partial charge is 0.267 e. The Kier molecular flexibility index (Phi) is 4.76. The van der Waals surface area contributed by atoms with Gasteiger partial charge in [-0.25, -0.2) is 0 Å². The monoisotopic (exact) mass is 356 g/mol. The van der Waals surface area contributed by atoms with Crippen LogP contribution in [0.25, 0.3) is 0 Å². The molecule has 0 N–H and O–H groups in total. The second-order valence-electron chi connectivity index (χ2n) is 3.85. The fourth-order valence-corrected chi connectivity index (χ4v) is 3.60. The lowest BCUT2D eigenvalue weighted by Crippen LogP contribution is -2.21.